The first-order chi connectivity index (χ1) is 14.9. The number of rotatable bonds is 8. The summed E-state index contributed by atoms with van der Waals surface area (Å²) in [4.78, 5) is 26.2. The Labute approximate surface area is 180 Å². The van der Waals surface area contributed by atoms with Crippen molar-refractivity contribution < 1.29 is 23.6 Å². The average molecular weight is 422 g/mol. The van der Waals surface area contributed by atoms with Crippen LogP contribution in [-0.4, -0.2) is 32.5 Å². The van der Waals surface area contributed by atoms with Gasteiger partial charge in [0.1, 0.15) is 18.1 Å². The molecule has 0 aromatic heterocycles. The molecule has 0 radical (unpaired) electrons. The van der Waals surface area contributed by atoms with Crippen LogP contribution in [0, 0.1) is 5.82 Å². The minimum absolute atomic E-state index is 0.201. The number of methoxy groups -OCH3 is 1. The summed E-state index contributed by atoms with van der Waals surface area (Å²) < 4.78 is 18.2. The Hall–Kier alpha value is -3.71. The van der Waals surface area contributed by atoms with Crippen LogP contribution in [0.5, 0.6) is 5.75 Å². The van der Waals surface area contributed by atoms with E-state index in [0.717, 1.165) is 16.2 Å². The van der Waals surface area contributed by atoms with Crippen molar-refractivity contribution in [1.82, 2.24) is 0 Å². The Morgan fingerprint density at radius 1 is 0.935 bits per heavy atom. The highest BCUT2D eigenvalue weighted by atomic mass is 19.1. The van der Waals surface area contributed by atoms with E-state index in [9.17, 15) is 14.0 Å². The molecule has 3 aromatic carbocycles. The maximum atomic E-state index is 13.1. The fraction of sp³-hybridized carbons (Fsp3) is 0.167. The number of ether oxygens (including phenoxy) is 1. The van der Waals surface area contributed by atoms with Crippen LogP contribution >= 0.6 is 0 Å². The van der Waals surface area contributed by atoms with Gasteiger partial charge in [-0.2, -0.15) is 0 Å². The van der Waals surface area contributed by atoms with Crippen molar-refractivity contribution in [1.29, 1.82) is 0 Å². The molecule has 0 heterocycles. The van der Waals surface area contributed by atoms with E-state index in [0.29, 0.717) is 23.5 Å². The molecule has 6 nitrogen and oxygen atoms in total. The molecule has 0 aliphatic heterocycles. The standard InChI is InChI=1S/C24H24FN3O3/c1-28(15-17-7-13-20(31-2)14-8-17)16-23(29)27-22-6-4-3-5-21(22)24(30)26-19-11-9-18(25)10-12-19/h3-14H,15-16H2,1-2H3,(H,26,30)(H,27,29)/p+1. The van der Waals surface area contributed by atoms with Gasteiger partial charge in [0.05, 0.1) is 25.4 Å². The lowest BCUT2D eigenvalue weighted by molar-refractivity contribution is -0.885. The minimum atomic E-state index is -0.388. The van der Waals surface area contributed by atoms with Crippen LogP contribution in [0.2, 0.25) is 0 Å². The molecule has 160 valence electrons. The number of benzene rings is 3. The van der Waals surface area contributed by atoms with Crippen molar-refractivity contribution in [3.63, 3.8) is 0 Å². The summed E-state index contributed by atoms with van der Waals surface area (Å²) in [5.74, 6) is -0.184. The largest absolute Gasteiger partial charge is 0.497 e. The maximum Gasteiger partial charge on any atom is 0.279 e. The van der Waals surface area contributed by atoms with E-state index in [1.807, 2.05) is 31.3 Å². The number of likely N-dealkylation sites (N-methyl/N-ethyl adjacent to an activating group) is 1. The van der Waals surface area contributed by atoms with Crippen LogP contribution < -0.4 is 20.3 Å². The van der Waals surface area contributed by atoms with Crippen molar-refractivity contribution in [2.75, 3.05) is 31.3 Å². The van der Waals surface area contributed by atoms with Gasteiger partial charge in [-0.15, -0.1) is 0 Å². The molecule has 7 heteroatoms. The third-order valence-corrected chi connectivity index (χ3v) is 4.68. The predicted molar refractivity (Wildman–Crippen MR) is 118 cm³/mol. The molecule has 0 fully saturated rings. The van der Waals surface area contributed by atoms with E-state index in [4.69, 9.17) is 4.74 Å². The Morgan fingerprint density at radius 3 is 2.29 bits per heavy atom. The molecule has 0 aliphatic rings. The van der Waals surface area contributed by atoms with E-state index in [1.165, 1.54) is 24.3 Å². The Balaban J connectivity index is 1.60. The summed E-state index contributed by atoms with van der Waals surface area (Å²) in [6, 6.07) is 20.0. The number of carbonyl (C=O) groups is 2. The van der Waals surface area contributed by atoms with Gasteiger partial charge in [-0.3, -0.25) is 9.59 Å². The SMILES string of the molecule is COc1ccc(C[NH+](C)CC(=O)Nc2ccccc2C(=O)Nc2ccc(F)cc2)cc1. The molecule has 0 saturated carbocycles. The molecule has 1 atom stereocenters. The minimum Gasteiger partial charge on any atom is -0.497 e. The lowest BCUT2D eigenvalue weighted by Gasteiger charge is -2.15. The molecule has 31 heavy (non-hydrogen) atoms. The van der Waals surface area contributed by atoms with Crippen LogP contribution in [-0.2, 0) is 11.3 Å². The fourth-order valence-electron chi connectivity index (χ4n) is 3.14. The smallest absolute Gasteiger partial charge is 0.279 e. The number of amides is 2. The van der Waals surface area contributed by atoms with E-state index in [2.05, 4.69) is 10.6 Å². The van der Waals surface area contributed by atoms with E-state index >= 15 is 0 Å². The van der Waals surface area contributed by atoms with Crippen LogP contribution in [0.1, 0.15) is 15.9 Å². The summed E-state index contributed by atoms with van der Waals surface area (Å²) in [5.41, 5.74) is 2.30. The number of carbonyl (C=O) groups excluding carboxylic acids is 2. The van der Waals surface area contributed by atoms with Gasteiger partial charge >= 0.3 is 0 Å². The first kappa shape index (κ1) is 22.0. The van der Waals surface area contributed by atoms with Gasteiger partial charge < -0.3 is 20.3 Å². The molecule has 0 saturated heterocycles. The molecular formula is C24H25FN3O3+. The molecule has 3 rings (SSSR count). The highest BCUT2D eigenvalue weighted by Crippen LogP contribution is 2.17. The lowest BCUT2D eigenvalue weighted by Crippen LogP contribution is -3.08. The van der Waals surface area contributed by atoms with E-state index in [-0.39, 0.29) is 24.2 Å². The zero-order valence-electron chi connectivity index (χ0n) is 17.4. The highest BCUT2D eigenvalue weighted by molar-refractivity contribution is 6.10. The van der Waals surface area contributed by atoms with Gasteiger partial charge in [0.2, 0.25) is 0 Å². The van der Waals surface area contributed by atoms with Gasteiger partial charge in [-0.25, -0.2) is 4.39 Å². The molecule has 0 spiro atoms. The Morgan fingerprint density at radius 2 is 1.61 bits per heavy atom. The Bertz CT molecular complexity index is 1040. The number of hydrogen-bond donors (Lipinski definition) is 3. The van der Waals surface area contributed by atoms with Crippen LogP contribution in [0.25, 0.3) is 0 Å². The third kappa shape index (κ3) is 6.38. The summed E-state index contributed by atoms with van der Waals surface area (Å²) >= 11 is 0. The number of anilines is 2. The van der Waals surface area contributed by atoms with Crippen molar-refractivity contribution in [3.8, 4) is 5.75 Å². The number of halogens is 1. The van der Waals surface area contributed by atoms with Crippen LogP contribution in [0.3, 0.4) is 0 Å². The summed E-state index contributed by atoms with van der Waals surface area (Å²) in [6.07, 6.45) is 0. The third-order valence-electron chi connectivity index (χ3n) is 4.68. The van der Waals surface area contributed by atoms with E-state index < -0.39 is 0 Å². The van der Waals surface area contributed by atoms with Gasteiger partial charge in [-0.1, -0.05) is 12.1 Å². The molecule has 3 N–H and O–H groups in total. The van der Waals surface area contributed by atoms with Gasteiger partial charge in [0.25, 0.3) is 11.8 Å². The normalized spacial score (nSPS) is 11.5. The highest BCUT2D eigenvalue weighted by Gasteiger charge is 2.16. The van der Waals surface area contributed by atoms with Gasteiger partial charge in [-0.05, 0) is 60.7 Å². The average Bonchev–Trinajstić information content (AvgIpc) is 2.76. The second kappa shape index (κ2) is 10.4. The molecule has 3 aromatic rings. The fourth-order valence-corrected chi connectivity index (χ4v) is 3.14. The molecular weight excluding hydrogens is 397 g/mol. The molecule has 0 aliphatic carbocycles. The number of para-hydroxylation sites is 1. The van der Waals surface area contributed by atoms with Crippen molar-refractivity contribution in [2.24, 2.45) is 0 Å². The van der Waals surface area contributed by atoms with Crippen molar-refractivity contribution in [3.05, 3.63) is 89.7 Å². The van der Waals surface area contributed by atoms with Gasteiger partial charge in [0.15, 0.2) is 6.54 Å². The lowest BCUT2D eigenvalue weighted by atomic mass is 10.1. The zero-order chi connectivity index (χ0) is 22.2. The topological polar surface area (TPSA) is 71.9 Å². The molecule has 2 amide bonds. The first-order valence-electron chi connectivity index (χ1n) is 9.84. The maximum absolute atomic E-state index is 13.1. The molecule has 0 bridgehead atoms. The van der Waals surface area contributed by atoms with Crippen LogP contribution in [0.4, 0.5) is 15.8 Å². The molecule has 1 unspecified atom stereocenters. The van der Waals surface area contributed by atoms with Crippen molar-refractivity contribution in [2.45, 2.75) is 6.54 Å². The Kier molecular flexibility index (Phi) is 7.35. The quantitative estimate of drug-likeness (QED) is 0.523. The second-order valence-electron chi connectivity index (χ2n) is 7.21. The number of hydrogen-bond acceptors (Lipinski definition) is 3. The van der Waals surface area contributed by atoms with Crippen LogP contribution in [0.15, 0.2) is 72.8 Å². The summed E-state index contributed by atoms with van der Waals surface area (Å²) in [6.45, 7) is 0.907. The van der Waals surface area contributed by atoms with Crippen molar-refractivity contribution >= 4 is 23.2 Å². The first-order valence-corrected chi connectivity index (χ1v) is 9.84. The number of quaternary nitrogens is 1. The summed E-state index contributed by atoms with van der Waals surface area (Å²) in [5, 5.41) is 5.53. The predicted octanol–water partition coefficient (Wildman–Crippen LogP) is 2.74. The monoisotopic (exact) mass is 422 g/mol. The number of nitrogens with one attached hydrogen (secondary N) is 3. The van der Waals surface area contributed by atoms with Gasteiger partial charge in [0, 0.05) is 11.3 Å². The van der Waals surface area contributed by atoms with E-state index in [1.54, 1.807) is 31.4 Å². The summed E-state index contributed by atoms with van der Waals surface area (Å²) in [7, 11) is 3.55. The second-order valence-corrected chi connectivity index (χ2v) is 7.21. The zero-order valence-corrected chi connectivity index (χ0v) is 17.4.